The molecule has 2 rings (SSSR count). The first-order chi connectivity index (χ1) is 9.72. The van der Waals surface area contributed by atoms with Gasteiger partial charge in [0.15, 0.2) is 0 Å². The molecule has 2 N–H and O–H groups in total. The molecule has 0 bridgehead atoms. The predicted octanol–water partition coefficient (Wildman–Crippen LogP) is 4.32. The van der Waals surface area contributed by atoms with E-state index >= 15 is 0 Å². The van der Waals surface area contributed by atoms with Crippen LogP contribution in [0.4, 0.5) is 0 Å². The van der Waals surface area contributed by atoms with Crippen LogP contribution in [-0.2, 0) is 0 Å². The minimum Gasteiger partial charge on any atom is -0.387 e. The molecule has 1 aromatic carbocycles. The normalized spacial score (nSPS) is 19.8. The fourth-order valence-electron chi connectivity index (χ4n) is 3.30. The molecule has 0 aromatic heterocycles. The summed E-state index contributed by atoms with van der Waals surface area (Å²) in [5.74, 6) is 0.771. The van der Waals surface area contributed by atoms with Crippen LogP contribution in [0.1, 0.15) is 57.1 Å². The van der Waals surface area contributed by atoms with E-state index in [0.29, 0.717) is 17.6 Å². The third-order valence-corrected chi connectivity index (χ3v) is 4.84. The van der Waals surface area contributed by atoms with Crippen molar-refractivity contribution >= 4 is 11.6 Å². The van der Waals surface area contributed by atoms with Crippen molar-refractivity contribution in [2.24, 2.45) is 5.92 Å². The topological polar surface area (TPSA) is 32.3 Å². The minimum atomic E-state index is -0.527. The molecule has 2 nitrogen and oxygen atoms in total. The first-order valence-electron chi connectivity index (χ1n) is 7.88. The third kappa shape index (κ3) is 4.21. The number of aliphatic hydroxyl groups is 1. The molecular formula is C17H26ClNO. The Morgan fingerprint density at radius 3 is 2.60 bits per heavy atom. The Morgan fingerprint density at radius 1 is 1.25 bits per heavy atom. The molecule has 2 atom stereocenters. The van der Waals surface area contributed by atoms with Gasteiger partial charge in [0.1, 0.15) is 0 Å². The van der Waals surface area contributed by atoms with Crippen LogP contribution < -0.4 is 5.32 Å². The maximum absolute atomic E-state index is 10.3. The monoisotopic (exact) mass is 295 g/mol. The van der Waals surface area contributed by atoms with Crippen LogP contribution in [0.3, 0.4) is 0 Å². The summed E-state index contributed by atoms with van der Waals surface area (Å²) in [6, 6.07) is 8.06. The maximum Gasteiger partial charge on any atom is 0.0928 e. The number of rotatable bonds is 6. The molecule has 1 fully saturated rings. The standard InChI is InChI=1S/C17H26ClNO/c1-2-16(13-8-4-3-5-9-13)19-12-17(20)14-10-6-7-11-15(14)18/h6-7,10-11,13,16-17,19-20H,2-5,8-9,12H2,1H3. The van der Waals surface area contributed by atoms with Gasteiger partial charge in [-0.25, -0.2) is 0 Å². The third-order valence-electron chi connectivity index (χ3n) is 4.50. The molecule has 0 spiro atoms. The Kier molecular flexibility index (Phi) is 6.34. The lowest BCUT2D eigenvalue weighted by molar-refractivity contribution is 0.157. The number of benzene rings is 1. The van der Waals surface area contributed by atoms with Crippen LogP contribution in [0.25, 0.3) is 0 Å². The summed E-state index contributed by atoms with van der Waals surface area (Å²) in [6.07, 6.45) is 7.35. The Bertz CT molecular complexity index is 404. The quantitative estimate of drug-likeness (QED) is 0.819. The number of halogens is 1. The van der Waals surface area contributed by atoms with Crippen molar-refractivity contribution in [1.82, 2.24) is 5.32 Å². The van der Waals surface area contributed by atoms with Gasteiger partial charge >= 0.3 is 0 Å². The second-order valence-corrected chi connectivity index (χ2v) is 6.27. The number of nitrogens with one attached hydrogen (secondary N) is 1. The first kappa shape index (κ1) is 15.8. The molecule has 1 aromatic rings. The summed E-state index contributed by atoms with van der Waals surface area (Å²) in [6.45, 7) is 2.81. The van der Waals surface area contributed by atoms with Gasteiger partial charge in [0.25, 0.3) is 0 Å². The van der Waals surface area contributed by atoms with Crippen LogP contribution in [0.5, 0.6) is 0 Å². The van der Waals surface area contributed by atoms with Crippen LogP contribution in [0.15, 0.2) is 24.3 Å². The molecule has 0 radical (unpaired) electrons. The molecule has 20 heavy (non-hydrogen) atoms. The predicted molar refractivity (Wildman–Crippen MR) is 85.1 cm³/mol. The van der Waals surface area contributed by atoms with Crippen molar-refractivity contribution in [2.75, 3.05) is 6.54 Å². The number of hydrogen-bond donors (Lipinski definition) is 2. The zero-order chi connectivity index (χ0) is 14.4. The minimum absolute atomic E-state index is 0.521. The Balaban J connectivity index is 1.87. The van der Waals surface area contributed by atoms with Crippen molar-refractivity contribution in [3.63, 3.8) is 0 Å². The molecule has 0 heterocycles. The van der Waals surface area contributed by atoms with Crippen molar-refractivity contribution in [3.05, 3.63) is 34.9 Å². The Morgan fingerprint density at radius 2 is 1.95 bits per heavy atom. The average molecular weight is 296 g/mol. The van der Waals surface area contributed by atoms with Gasteiger partial charge < -0.3 is 10.4 Å². The largest absolute Gasteiger partial charge is 0.387 e. The highest BCUT2D eigenvalue weighted by atomic mass is 35.5. The maximum atomic E-state index is 10.3. The van der Waals surface area contributed by atoms with E-state index in [9.17, 15) is 5.11 Å². The summed E-state index contributed by atoms with van der Waals surface area (Å²) in [7, 11) is 0. The van der Waals surface area contributed by atoms with E-state index in [0.717, 1.165) is 17.9 Å². The highest BCUT2D eigenvalue weighted by Crippen LogP contribution is 2.28. The van der Waals surface area contributed by atoms with E-state index in [-0.39, 0.29) is 0 Å². The van der Waals surface area contributed by atoms with Gasteiger partial charge in [-0.1, -0.05) is 56.0 Å². The first-order valence-corrected chi connectivity index (χ1v) is 8.26. The van der Waals surface area contributed by atoms with E-state index in [1.165, 1.54) is 32.1 Å². The van der Waals surface area contributed by atoms with Gasteiger partial charge in [0.2, 0.25) is 0 Å². The number of hydrogen-bond acceptors (Lipinski definition) is 2. The lowest BCUT2D eigenvalue weighted by Gasteiger charge is -2.31. The summed E-state index contributed by atoms with van der Waals surface area (Å²) in [5.41, 5.74) is 0.820. The van der Waals surface area contributed by atoms with Gasteiger partial charge in [-0.3, -0.25) is 0 Å². The zero-order valence-electron chi connectivity index (χ0n) is 12.3. The van der Waals surface area contributed by atoms with E-state index in [1.54, 1.807) is 0 Å². The summed E-state index contributed by atoms with van der Waals surface area (Å²) < 4.78 is 0. The van der Waals surface area contributed by atoms with Crippen molar-refractivity contribution < 1.29 is 5.11 Å². The molecule has 3 heteroatoms. The van der Waals surface area contributed by atoms with Gasteiger partial charge in [-0.05, 0) is 31.2 Å². The summed E-state index contributed by atoms with van der Waals surface area (Å²) in [4.78, 5) is 0. The van der Waals surface area contributed by atoms with Crippen molar-refractivity contribution in [2.45, 2.75) is 57.6 Å². The molecule has 112 valence electrons. The highest BCUT2D eigenvalue weighted by molar-refractivity contribution is 6.31. The fourth-order valence-corrected chi connectivity index (χ4v) is 3.56. The molecular weight excluding hydrogens is 270 g/mol. The summed E-state index contributed by atoms with van der Waals surface area (Å²) >= 11 is 6.13. The van der Waals surface area contributed by atoms with Crippen LogP contribution in [-0.4, -0.2) is 17.7 Å². The zero-order valence-corrected chi connectivity index (χ0v) is 13.1. The molecule has 1 aliphatic rings. The average Bonchev–Trinajstić information content (AvgIpc) is 2.49. The van der Waals surface area contributed by atoms with Crippen LogP contribution in [0, 0.1) is 5.92 Å². The fraction of sp³-hybridized carbons (Fsp3) is 0.647. The highest BCUT2D eigenvalue weighted by Gasteiger charge is 2.23. The van der Waals surface area contributed by atoms with Gasteiger partial charge in [-0.2, -0.15) is 0 Å². The molecule has 0 aliphatic heterocycles. The smallest absolute Gasteiger partial charge is 0.0928 e. The van der Waals surface area contributed by atoms with Gasteiger partial charge in [0.05, 0.1) is 6.10 Å². The van der Waals surface area contributed by atoms with E-state index < -0.39 is 6.10 Å². The van der Waals surface area contributed by atoms with E-state index in [2.05, 4.69) is 12.2 Å². The second-order valence-electron chi connectivity index (χ2n) is 5.86. The van der Waals surface area contributed by atoms with E-state index in [1.807, 2.05) is 24.3 Å². The second kappa shape index (κ2) is 8.02. The molecule has 2 unspecified atom stereocenters. The van der Waals surface area contributed by atoms with Crippen molar-refractivity contribution in [1.29, 1.82) is 0 Å². The lowest BCUT2D eigenvalue weighted by Crippen LogP contribution is -2.39. The van der Waals surface area contributed by atoms with Crippen LogP contribution in [0.2, 0.25) is 5.02 Å². The molecule has 0 amide bonds. The van der Waals surface area contributed by atoms with Crippen molar-refractivity contribution in [3.8, 4) is 0 Å². The Hall–Kier alpha value is -0.570. The van der Waals surface area contributed by atoms with Gasteiger partial charge in [-0.15, -0.1) is 0 Å². The summed E-state index contributed by atoms with van der Waals surface area (Å²) in [5, 5.41) is 14.5. The lowest BCUT2D eigenvalue weighted by atomic mass is 9.83. The molecule has 0 saturated heterocycles. The molecule has 1 saturated carbocycles. The Labute approximate surface area is 127 Å². The SMILES string of the molecule is CCC(NCC(O)c1ccccc1Cl)C1CCCCC1. The van der Waals surface area contributed by atoms with Gasteiger partial charge in [0, 0.05) is 23.2 Å². The number of aliphatic hydroxyl groups excluding tert-OH is 1. The molecule has 1 aliphatic carbocycles. The van der Waals surface area contributed by atoms with Crippen LogP contribution >= 0.6 is 11.6 Å². The van der Waals surface area contributed by atoms with E-state index in [4.69, 9.17) is 11.6 Å².